The molecule has 1 amide bonds. The van der Waals surface area contributed by atoms with Gasteiger partial charge in [-0.2, -0.15) is 5.10 Å². The van der Waals surface area contributed by atoms with Crippen LogP contribution in [0.25, 0.3) is 0 Å². The molecular formula is C13H17N5O2. The first-order valence-corrected chi connectivity index (χ1v) is 6.72. The van der Waals surface area contributed by atoms with E-state index in [1.807, 2.05) is 10.8 Å². The molecule has 2 aromatic heterocycles. The molecule has 0 aromatic carbocycles. The summed E-state index contributed by atoms with van der Waals surface area (Å²) in [5.41, 5.74) is 0.453. The Balaban J connectivity index is 1.74. The van der Waals surface area contributed by atoms with E-state index in [0.717, 1.165) is 18.8 Å². The Kier molecular flexibility index (Phi) is 3.51. The van der Waals surface area contributed by atoms with Crippen LogP contribution in [0.1, 0.15) is 35.8 Å². The average Bonchev–Trinajstić information content (AvgIpc) is 3.19. The van der Waals surface area contributed by atoms with Gasteiger partial charge in [-0.05, 0) is 19.4 Å². The smallest absolute Gasteiger partial charge is 0.269 e. The summed E-state index contributed by atoms with van der Waals surface area (Å²) in [6.07, 6.45) is 5.82. The number of aromatic nitrogens is 4. The van der Waals surface area contributed by atoms with Crippen LogP contribution in [0.3, 0.4) is 0 Å². The molecule has 1 saturated heterocycles. The second-order valence-corrected chi connectivity index (χ2v) is 4.70. The van der Waals surface area contributed by atoms with Crippen LogP contribution in [0.2, 0.25) is 0 Å². The number of aryl methyl sites for hydroxylation is 1. The largest absolute Gasteiger partial charge is 0.368 e. The van der Waals surface area contributed by atoms with Crippen molar-refractivity contribution in [1.29, 1.82) is 0 Å². The zero-order valence-corrected chi connectivity index (χ0v) is 11.2. The van der Waals surface area contributed by atoms with E-state index in [9.17, 15) is 4.79 Å². The van der Waals surface area contributed by atoms with Gasteiger partial charge in [0.2, 0.25) is 0 Å². The maximum Gasteiger partial charge on any atom is 0.269 e. The normalized spacial score (nSPS) is 22.1. The Hall–Kier alpha value is -2.15. The molecule has 1 fully saturated rings. The lowest BCUT2D eigenvalue weighted by Crippen LogP contribution is -2.37. The van der Waals surface area contributed by atoms with Crippen molar-refractivity contribution < 1.29 is 9.53 Å². The van der Waals surface area contributed by atoms with Crippen LogP contribution in [-0.2, 0) is 11.3 Å². The molecule has 2 aromatic rings. The fraction of sp³-hybridized carbons (Fsp3) is 0.462. The zero-order chi connectivity index (χ0) is 13.9. The molecule has 3 heterocycles. The van der Waals surface area contributed by atoms with Gasteiger partial charge >= 0.3 is 0 Å². The highest BCUT2D eigenvalue weighted by Crippen LogP contribution is 2.28. The number of H-pyrrole nitrogens is 1. The third-order valence-corrected chi connectivity index (χ3v) is 3.50. The van der Waals surface area contributed by atoms with E-state index < -0.39 is 0 Å². The summed E-state index contributed by atoms with van der Waals surface area (Å²) in [6.45, 7) is 3.50. The molecule has 2 atom stereocenters. The quantitative estimate of drug-likeness (QED) is 0.867. The lowest BCUT2D eigenvalue weighted by atomic mass is 10.1. The van der Waals surface area contributed by atoms with Crippen molar-refractivity contribution in [2.75, 3.05) is 6.61 Å². The number of hydrogen-bond donors (Lipinski definition) is 2. The van der Waals surface area contributed by atoms with E-state index in [1.165, 1.54) is 0 Å². The number of imidazole rings is 1. The van der Waals surface area contributed by atoms with Crippen LogP contribution in [0.15, 0.2) is 24.7 Å². The van der Waals surface area contributed by atoms with Crippen molar-refractivity contribution in [3.8, 4) is 0 Å². The third kappa shape index (κ3) is 2.32. The van der Waals surface area contributed by atoms with Crippen LogP contribution in [0.5, 0.6) is 0 Å². The number of aromatic amines is 1. The molecule has 0 bridgehead atoms. The Morgan fingerprint density at radius 1 is 1.60 bits per heavy atom. The van der Waals surface area contributed by atoms with Crippen LogP contribution >= 0.6 is 0 Å². The Morgan fingerprint density at radius 3 is 3.25 bits per heavy atom. The topological polar surface area (TPSA) is 84.8 Å². The Bertz CT molecular complexity index is 577. The molecule has 1 aliphatic rings. The summed E-state index contributed by atoms with van der Waals surface area (Å²) in [7, 11) is 0. The average molecular weight is 275 g/mol. The second kappa shape index (κ2) is 5.46. The molecule has 106 valence electrons. The molecule has 0 unspecified atom stereocenters. The first-order chi connectivity index (χ1) is 9.79. The van der Waals surface area contributed by atoms with Gasteiger partial charge in [0.05, 0.1) is 6.04 Å². The maximum atomic E-state index is 12.1. The highest BCUT2D eigenvalue weighted by molar-refractivity contribution is 5.92. The molecule has 3 rings (SSSR count). The van der Waals surface area contributed by atoms with Gasteiger partial charge in [-0.25, -0.2) is 4.98 Å². The van der Waals surface area contributed by atoms with Gasteiger partial charge in [-0.3, -0.25) is 9.89 Å². The molecule has 2 N–H and O–H groups in total. The number of carbonyl (C=O) groups excluding carboxylic acids is 1. The molecule has 0 saturated carbocycles. The Morgan fingerprint density at radius 2 is 2.50 bits per heavy atom. The van der Waals surface area contributed by atoms with Crippen LogP contribution in [0, 0.1) is 0 Å². The molecule has 0 spiro atoms. The molecule has 0 radical (unpaired) electrons. The highest BCUT2D eigenvalue weighted by Gasteiger charge is 2.34. The van der Waals surface area contributed by atoms with E-state index in [4.69, 9.17) is 4.74 Å². The van der Waals surface area contributed by atoms with Crippen molar-refractivity contribution in [1.82, 2.24) is 25.1 Å². The number of nitrogens with one attached hydrogen (secondary N) is 2. The minimum atomic E-state index is -0.197. The molecule has 1 aliphatic heterocycles. The monoisotopic (exact) mass is 275 g/mol. The number of ether oxygens (including phenoxy) is 1. The summed E-state index contributed by atoms with van der Waals surface area (Å²) in [5.74, 6) is 0.692. The predicted octanol–water partition coefficient (Wildman–Crippen LogP) is 0.886. The van der Waals surface area contributed by atoms with Gasteiger partial charge < -0.3 is 14.6 Å². The molecule has 0 aliphatic carbocycles. The molecule has 7 heteroatoms. The number of amides is 1. The second-order valence-electron chi connectivity index (χ2n) is 4.70. The lowest BCUT2D eigenvalue weighted by molar-refractivity contribution is 0.0773. The van der Waals surface area contributed by atoms with Crippen molar-refractivity contribution >= 4 is 5.91 Å². The van der Waals surface area contributed by atoms with Gasteiger partial charge in [0, 0.05) is 31.7 Å². The van der Waals surface area contributed by atoms with Crippen molar-refractivity contribution in [3.05, 3.63) is 36.2 Å². The number of hydrogen-bond acceptors (Lipinski definition) is 4. The van der Waals surface area contributed by atoms with Crippen molar-refractivity contribution in [3.63, 3.8) is 0 Å². The Labute approximate surface area is 116 Å². The van der Waals surface area contributed by atoms with E-state index in [2.05, 4.69) is 27.4 Å². The number of carbonyl (C=O) groups is 1. The van der Waals surface area contributed by atoms with Gasteiger partial charge in [-0.15, -0.1) is 0 Å². The first kappa shape index (κ1) is 12.9. The molecular weight excluding hydrogens is 258 g/mol. The zero-order valence-electron chi connectivity index (χ0n) is 11.2. The first-order valence-electron chi connectivity index (χ1n) is 6.72. The highest BCUT2D eigenvalue weighted by atomic mass is 16.5. The van der Waals surface area contributed by atoms with Crippen LogP contribution in [0.4, 0.5) is 0 Å². The lowest BCUT2D eigenvalue weighted by Gasteiger charge is -2.19. The van der Waals surface area contributed by atoms with Gasteiger partial charge in [0.25, 0.3) is 5.91 Å². The maximum absolute atomic E-state index is 12.1. The van der Waals surface area contributed by atoms with E-state index in [-0.39, 0.29) is 18.1 Å². The third-order valence-electron chi connectivity index (χ3n) is 3.50. The summed E-state index contributed by atoms with van der Waals surface area (Å²) in [6, 6.07) is 1.58. The summed E-state index contributed by atoms with van der Waals surface area (Å²) >= 11 is 0. The minimum Gasteiger partial charge on any atom is -0.368 e. The van der Waals surface area contributed by atoms with E-state index >= 15 is 0 Å². The van der Waals surface area contributed by atoms with Crippen molar-refractivity contribution in [2.24, 2.45) is 0 Å². The SMILES string of the molecule is CCn1ccnc1[C@H]1OCC[C@@H]1NC(=O)c1ccn[nH]1. The minimum absolute atomic E-state index is 0.0708. The molecule has 7 nitrogen and oxygen atoms in total. The van der Waals surface area contributed by atoms with Crippen LogP contribution in [-0.4, -0.2) is 38.3 Å². The van der Waals surface area contributed by atoms with E-state index in [1.54, 1.807) is 18.5 Å². The molecule has 20 heavy (non-hydrogen) atoms. The fourth-order valence-electron chi connectivity index (χ4n) is 2.47. The van der Waals surface area contributed by atoms with Gasteiger partial charge in [0.15, 0.2) is 0 Å². The van der Waals surface area contributed by atoms with Gasteiger partial charge in [-0.1, -0.05) is 0 Å². The van der Waals surface area contributed by atoms with Crippen LogP contribution < -0.4 is 5.32 Å². The summed E-state index contributed by atoms with van der Waals surface area (Å²) < 4.78 is 7.78. The number of rotatable bonds is 4. The van der Waals surface area contributed by atoms with Crippen molar-refractivity contribution in [2.45, 2.75) is 32.0 Å². The summed E-state index contributed by atoms with van der Waals surface area (Å²) in [5, 5.41) is 9.42. The van der Waals surface area contributed by atoms with Gasteiger partial charge in [0.1, 0.15) is 17.6 Å². The fourth-order valence-corrected chi connectivity index (χ4v) is 2.47. The summed E-state index contributed by atoms with van der Waals surface area (Å²) in [4.78, 5) is 16.4. The predicted molar refractivity (Wildman–Crippen MR) is 71.1 cm³/mol. The number of nitrogens with zero attached hydrogens (tertiary/aromatic N) is 3. The standard InChI is InChI=1S/C13H17N5O2/c1-2-18-7-6-14-12(18)11-9(4-8-20-11)16-13(19)10-3-5-15-17-10/h3,5-7,9,11H,2,4,8H2,1H3,(H,15,17)(H,16,19)/t9-,11-/m0/s1. The van der Waals surface area contributed by atoms with E-state index in [0.29, 0.717) is 12.3 Å².